The molecule has 1 saturated heterocycles. The maximum absolute atomic E-state index is 12.4. The monoisotopic (exact) mass is 216 g/mol. The Kier molecular flexibility index (Phi) is 2.21. The van der Waals surface area contributed by atoms with Gasteiger partial charge >= 0.3 is 0 Å². The van der Waals surface area contributed by atoms with E-state index in [0.29, 0.717) is 12.1 Å². The average Bonchev–Trinajstić information content (AvgIpc) is 2.29. The molecular formula is C13H16N2O. The maximum atomic E-state index is 12.4. The summed E-state index contributed by atoms with van der Waals surface area (Å²) in [7, 11) is 0. The number of hydrogen-bond acceptors (Lipinski definition) is 2. The summed E-state index contributed by atoms with van der Waals surface area (Å²) >= 11 is 0. The van der Waals surface area contributed by atoms with Crippen LogP contribution in [-0.2, 0) is 6.42 Å². The molecule has 0 radical (unpaired) electrons. The van der Waals surface area contributed by atoms with E-state index in [4.69, 9.17) is 0 Å². The standard InChI is InChI=1S/C13H16N2O/c1-9-7-14-8-11-6-10-4-2-3-5-12(10)13(16)15(9)11/h2-5,9,11,14H,6-8H2,1H3/t9?,11-/m1/s1. The molecule has 16 heavy (non-hydrogen) atoms. The van der Waals surface area contributed by atoms with Crippen LogP contribution >= 0.6 is 0 Å². The van der Waals surface area contributed by atoms with Crippen LogP contribution in [0.2, 0.25) is 0 Å². The third-order valence-electron chi connectivity index (χ3n) is 3.63. The molecule has 3 rings (SSSR count). The predicted octanol–water partition coefficient (Wildman–Crippen LogP) is 1.05. The molecule has 1 N–H and O–H groups in total. The van der Waals surface area contributed by atoms with Crippen LogP contribution in [0.15, 0.2) is 24.3 Å². The molecule has 2 heterocycles. The Hall–Kier alpha value is -1.35. The van der Waals surface area contributed by atoms with Crippen LogP contribution in [0.1, 0.15) is 22.8 Å². The predicted molar refractivity (Wildman–Crippen MR) is 62.4 cm³/mol. The smallest absolute Gasteiger partial charge is 0.254 e. The van der Waals surface area contributed by atoms with Gasteiger partial charge in [-0.3, -0.25) is 4.79 Å². The lowest BCUT2D eigenvalue weighted by Crippen LogP contribution is -2.60. The molecule has 1 fully saturated rings. The van der Waals surface area contributed by atoms with Crippen molar-refractivity contribution in [2.75, 3.05) is 13.1 Å². The first-order chi connectivity index (χ1) is 7.77. The number of piperazine rings is 1. The van der Waals surface area contributed by atoms with Crippen molar-refractivity contribution in [2.24, 2.45) is 0 Å². The molecule has 0 saturated carbocycles. The lowest BCUT2D eigenvalue weighted by atomic mass is 9.90. The third-order valence-corrected chi connectivity index (χ3v) is 3.63. The average molecular weight is 216 g/mol. The van der Waals surface area contributed by atoms with E-state index < -0.39 is 0 Å². The summed E-state index contributed by atoms with van der Waals surface area (Å²) in [6.07, 6.45) is 0.985. The largest absolute Gasteiger partial charge is 0.330 e. The fourth-order valence-corrected chi connectivity index (χ4v) is 2.85. The number of benzene rings is 1. The van der Waals surface area contributed by atoms with Crippen LogP contribution in [0, 0.1) is 0 Å². The van der Waals surface area contributed by atoms with Crippen LogP contribution < -0.4 is 5.32 Å². The first-order valence-corrected chi connectivity index (χ1v) is 5.88. The van der Waals surface area contributed by atoms with Gasteiger partial charge in [0.1, 0.15) is 0 Å². The molecular weight excluding hydrogens is 200 g/mol. The minimum absolute atomic E-state index is 0.209. The summed E-state index contributed by atoms with van der Waals surface area (Å²) in [4.78, 5) is 14.4. The van der Waals surface area contributed by atoms with E-state index in [1.54, 1.807) is 0 Å². The van der Waals surface area contributed by atoms with Gasteiger partial charge in [-0.25, -0.2) is 0 Å². The fraction of sp³-hybridized carbons (Fsp3) is 0.462. The number of carbonyl (C=O) groups excluding carboxylic acids is 1. The van der Waals surface area contributed by atoms with Crippen molar-refractivity contribution in [1.82, 2.24) is 10.2 Å². The van der Waals surface area contributed by atoms with Gasteiger partial charge in [0.25, 0.3) is 5.91 Å². The first-order valence-electron chi connectivity index (χ1n) is 5.88. The number of rotatable bonds is 0. The Labute approximate surface area is 95.4 Å². The normalized spacial score (nSPS) is 28.6. The van der Waals surface area contributed by atoms with Crippen molar-refractivity contribution in [2.45, 2.75) is 25.4 Å². The summed E-state index contributed by atoms with van der Waals surface area (Å²) < 4.78 is 0. The Morgan fingerprint density at radius 1 is 1.31 bits per heavy atom. The molecule has 3 heteroatoms. The number of carbonyl (C=O) groups is 1. The summed E-state index contributed by atoms with van der Waals surface area (Å²) in [5, 5.41) is 3.39. The zero-order valence-corrected chi connectivity index (χ0v) is 9.44. The highest BCUT2D eigenvalue weighted by molar-refractivity contribution is 5.97. The highest BCUT2D eigenvalue weighted by Gasteiger charge is 2.36. The van der Waals surface area contributed by atoms with Gasteiger partial charge in [-0.05, 0) is 25.0 Å². The van der Waals surface area contributed by atoms with Crippen LogP contribution in [0.3, 0.4) is 0 Å². The Morgan fingerprint density at radius 2 is 2.12 bits per heavy atom. The zero-order chi connectivity index (χ0) is 11.1. The molecule has 0 aliphatic carbocycles. The molecule has 1 unspecified atom stereocenters. The molecule has 2 atom stereocenters. The maximum Gasteiger partial charge on any atom is 0.254 e. The van der Waals surface area contributed by atoms with Gasteiger partial charge in [0.2, 0.25) is 0 Å². The van der Waals surface area contributed by atoms with E-state index in [0.717, 1.165) is 25.1 Å². The van der Waals surface area contributed by atoms with Crippen LogP contribution in [0.4, 0.5) is 0 Å². The van der Waals surface area contributed by atoms with E-state index in [1.807, 2.05) is 18.2 Å². The van der Waals surface area contributed by atoms with Crippen LogP contribution in [-0.4, -0.2) is 36.0 Å². The molecule has 1 aromatic carbocycles. The number of amides is 1. The zero-order valence-electron chi connectivity index (χ0n) is 9.44. The molecule has 3 nitrogen and oxygen atoms in total. The van der Waals surface area contributed by atoms with Crippen molar-refractivity contribution in [3.05, 3.63) is 35.4 Å². The molecule has 1 aromatic rings. The summed E-state index contributed by atoms with van der Waals surface area (Å²) in [5.41, 5.74) is 2.09. The summed E-state index contributed by atoms with van der Waals surface area (Å²) in [5.74, 6) is 0.209. The van der Waals surface area contributed by atoms with Crippen LogP contribution in [0.25, 0.3) is 0 Å². The minimum atomic E-state index is 0.209. The lowest BCUT2D eigenvalue weighted by molar-refractivity contribution is 0.0483. The van der Waals surface area contributed by atoms with Gasteiger partial charge in [-0.15, -0.1) is 0 Å². The Morgan fingerprint density at radius 3 is 3.00 bits per heavy atom. The number of nitrogens with one attached hydrogen (secondary N) is 1. The van der Waals surface area contributed by atoms with Gasteiger partial charge in [0.15, 0.2) is 0 Å². The van der Waals surface area contributed by atoms with E-state index in [-0.39, 0.29) is 5.91 Å². The highest BCUT2D eigenvalue weighted by atomic mass is 16.2. The number of hydrogen-bond donors (Lipinski definition) is 1. The van der Waals surface area contributed by atoms with Crippen molar-refractivity contribution in [1.29, 1.82) is 0 Å². The van der Waals surface area contributed by atoms with Crippen molar-refractivity contribution in [3.8, 4) is 0 Å². The van der Waals surface area contributed by atoms with Crippen molar-refractivity contribution in [3.63, 3.8) is 0 Å². The van der Waals surface area contributed by atoms with Gasteiger partial charge in [-0.1, -0.05) is 18.2 Å². The molecule has 0 aromatic heterocycles. The minimum Gasteiger partial charge on any atom is -0.330 e. The second kappa shape index (κ2) is 3.59. The van der Waals surface area contributed by atoms with Gasteiger partial charge < -0.3 is 10.2 Å². The topological polar surface area (TPSA) is 32.3 Å². The lowest BCUT2D eigenvalue weighted by Gasteiger charge is -2.44. The molecule has 2 aliphatic heterocycles. The number of nitrogens with zero attached hydrogens (tertiary/aromatic N) is 1. The second-order valence-electron chi connectivity index (χ2n) is 4.73. The quantitative estimate of drug-likeness (QED) is 0.703. The molecule has 0 spiro atoms. The molecule has 2 aliphatic rings. The van der Waals surface area contributed by atoms with Gasteiger partial charge in [-0.2, -0.15) is 0 Å². The van der Waals surface area contributed by atoms with Gasteiger partial charge in [0.05, 0.1) is 0 Å². The SMILES string of the molecule is CC1CNC[C@H]2Cc3ccccc3C(=O)N12. The Balaban J connectivity index is 2.03. The van der Waals surface area contributed by atoms with E-state index in [1.165, 1.54) is 5.56 Å². The molecule has 84 valence electrons. The summed E-state index contributed by atoms with van der Waals surface area (Å²) in [6.45, 7) is 3.94. The van der Waals surface area contributed by atoms with Crippen molar-refractivity contribution < 1.29 is 4.79 Å². The third kappa shape index (κ3) is 1.35. The van der Waals surface area contributed by atoms with Gasteiger partial charge in [0, 0.05) is 30.7 Å². The van der Waals surface area contributed by atoms with E-state index in [9.17, 15) is 4.79 Å². The highest BCUT2D eigenvalue weighted by Crippen LogP contribution is 2.26. The van der Waals surface area contributed by atoms with Crippen molar-refractivity contribution >= 4 is 5.91 Å². The fourth-order valence-electron chi connectivity index (χ4n) is 2.85. The second-order valence-corrected chi connectivity index (χ2v) is 4.73. The molecule has 0 bridgehead atoms. The Bertz CT molecular complexity index is 430. The van der Waals surface area contributed by atoms with E-state index >= 15 is 0 Å². The van der Waals surface area contributed by atoms with E-state index in [2.05, 4.69) is 23.2 Å². The number of fused-ring (bicyclic) bond motifs is 2. The van der Waals surface area contributed by atoms with Crippen LogP contribution in [0.5, 0.6) is 0 Å². The first kappa shape index (κ1) is 9.85. The summed E-state index contributed by atoms with van der Waals surface area (Å²) in [6, 6.07) is 8.63. The molecule has 1 amide bonds.